The zero-order chi connectivity index (χ0) is 16.3. The van der Waals surface area contributed by atoms with Crippen molar-refractivity contribution >= 4 is 38.5 Å². The van der Waals surface area contributed by atoms with Crippen LogP contribution in [0.2, 0.25) is 5.15 Å². The fraction of sp³-hybridized carbons (Fsp3) is 0.0667. The van der Waals surface area contributed by atoms with Gasteiger partial charge in [0, 0.05) is 0 Å². The first-order valence-corrected chi connectivity index (χ1v) is 8.78. The Kier molecular flexibility index (Phi) is 4.42. The van der Waals surface area contributed by atoms with Crippen LogP contribution >= 0.6 is 11.6 Å². The molecule has 0 spiro atoms. The molecule has 0 bridgehead atoms. The molecule has 8 heteroatoms. The summed E-state index contributed by atoms with van der Waals surface area (Å²) >= 11 is 6.02. The lowest BCUT2D eigenvalue weighted by atomic mass is 10.2. The van der Waals surface area contributed by atoms with Gasteiger partial charge in [0.15, 0.2) is 11.0 Å². The van der Waals surface area contributed by atoms with Gasteiger partial charge in [0.05, 0.1) is 16.8 Å². The Bertz CT molecular complexity index is 933. The summed E-state index contributed by atoms with van der Waals surface area (Å²) in [6.45, 7) is 0. The monoisotopic (exact) mass is 348 g/mol. The highest BCUT2D eigenvalue weighted by Crippen LogP contribution is 2.20. The average Bonchev–Trinajstić information content (AvgIpc) is 2.53. The van der Waals surface area contributed by atoms with Crippen LogP contribution in [0.4, 0.5) is 5.82 Å². The van der Waals surface area contributed by atoms with Crippen molar-refractivity contribution in [3.05, 3.63) is 65.3 Å². The fourth-order valence-corrected chi connectivity index (χ4v) is 3.15. The van der Waals surface area contributed by atoms with E-state index in [2.05, 4.69) is 20.2 Å². The maximum absolute atomic E-state index is 12.1. The van der Waals surface area contributed by atoms with Gasteiger partial charge in [-0.2, -0.15) is 0 Å². The van der Waals surface area contributed by atoms with Gasteiger partial charge in [-0.05, 0) is 17.7 Å². The highest BCUT2D eigenvalue weighted by Gasteiger charge is 2.13. The lowest BCUT2D eigenvalue weighted by molar-refractivity contribution is 0.586. The maximum atomic E-state index is 12.1. The third-order valence-corrected chi connectivity index (χ3v) is 4.44. The fourth-order valence-electron chi connectivity index (χ4n) is 2.01. The molecule has 2 N–H and O–H groups in total. The summed E-state index contributed by atoms with van der Waals surface area (Å²) in [6, 6.07) is 16.0. The largest absolute Gasteiger partial charge is 0.290 e. The van der Waals surface area contributed by atoms with Gasteiger partial charge in [-0.25, -0.2) is 18.4 Å². The molecule has 0 radical (unpaired) electrons. The zero-order valence-corrected chi connectivity index (χ0v) is 13.5. The van der Waals surface area contributed by atoms with Gasteiger partial charge in [-0.15, -0.1) is 4.83 Å². The van der Waals surface area contributed by atoms with E-state index in [-0.39, 0.29) is 16.7 Å². The number of hydrazine groups is 1. The molecule has 0 saturated carbocycles. The summed E-state index contributed by atoms with van der Waals surface area (Å²) in [7, 11) is -3.59. The van der Waals surface area contributed by atoms with Crippen molar-refractivity contribution in [1.82, 2.24) is 14.8 Å². The van der Waals surface area contributed by atoms with Gasteiger partial charge in [-0.3, -0.25) is 5.43 Å². The average molecular weight is 349 g/mol. The maximum Gasteiger partial charge on any atom is 0.232 e. The molecule has 2 aromatic carbocycles. The zero-order valence-electron chi connectivity index (χ0n) is 11.9. The van der Waals surface area contributed by atoms with Gasteiger partial charge in [0.1, 0.15) is 0 Å². The number of nitrogens with one attached hydrogen (secondary N) is 2. The van der Waals surface area contributed by atoms with Crippen LogP contribution in [0.3, 0.4) is 0 Å². The van der Waals surface area contributed by atoms with Crippen LogP contribution in [-0.4, -0.2) is 18.4 Å². The molecule has 0 aliphatic heterocycles. The van der Waals surface area contributed by atoms with Crippen LogP contribution in [0.1, 0.15) is 5.56 Å². The molecule has 118 valence electrons. The van der Waals surface area contributed by atoms with Crippen LogP contribution in [0.15, 0.2) is 54.6 Å². The molecule has 6 nitrogen and oxygen atoms in total. The van der Waals surface area contributed by atoms with Crippen molar-refractivity contribution in [3.8, 4) is 0 Å². The summed E-state index contributed by atoms with van der Waals surface area (Å²) in [5.41, 5.74) is 4.45. The molecular formula is C15H13ClN4O2S. The Labute approximate surface area is 138 Å². The van der Waals surface area contributed by atoms with Crippen molar-refractivity contribution in [1.29, 1.82) is 0 Å². The topological polar surface area (TPSA) is 84.0 Å². The number of fused-ring (bicyclic) bond motifs is 1. The molecule has 1 aromatic heterocycles. The lowest BCUT2D eigenvalue weighted by Crippen LogP contribution is -2.31. The highest BCUT2D eigenvalue weighted by molar-refractivity contribution is 7.88. The normalized spacial score (nSPS) is 11.5. The van der Waals surface area contributed by atoms with Crippen LogP contribution in [-0.2, 0) is 15.8 Å². The molecule has 0 unspecified atom stereocenters. The molecular weight excluding hydrogens is 336 g/mol. The predicted molar refractivity (Wildman–Crippen MR) is 90.4 cm³/mol. The molecule has 0 atom stereocenters. The van der Waals surface area contributed by atoms with E-state index in [0.717, 1.165) is 0 Å². The molecule has 1 heterocycles. The second-order valence-corrected chi connectivity index (χ2v) is 6.90. The number of anilines is 1. The number of hydrogen-bond donors (Lipinski definition) is 2. The second kappa shape index (κ2) is 6.49. The Hall–Kier alpha value is -2.22. The molecule has 0 aliphatic carbocycles. The van der Waals surface area contributed by atoms with E-state index in [9.17, 15) is 8.42 Å². The molecule has 0 amide bonds. The first-order valence-electron chi connectivity index (χ1n) is 6.75. The summed E-state index contributed by atoms with van der Waals surface area (Å²) in [4.78, 5) is 10.7. The Balaban J connectivity index is 1.76. The highest BCUT2D eigenvalue weighted by atomic mass is 35.5. The number of aromatic nitrogens is 2. The number of hydrogen-bond acceptors (Lipinski definition) is 5. The van der Waals surface area contributed by atoms with E-state index in [1.54, 1.807) is 36.4 Å². The minimum absolute atomic E-state index is 0.0890. The lowest BCUT2D eigenvalue weighted by Gasteiger charge is -2.10. The third-order valence-electron chi connectivity index (χ3n) is 3.05. The summed E-state index contributed by atoms with van der Waals surface area (Å²) in [6.07, 6.45) is 0. The van der Waals surface area contributed by atoms with E-state index < -0.39 is 10.0 Å². The predicted octanol–water partition coefficient (Wildman–Crippen LogP) is 2.73. The van der Waals surface area contributed by atoms with Gasteiger partial charge < -0.3 is 0 Å². The number of para-hydroxylation sites is 2. The summed E-state index contributed by atoms with van der Waals surface area (Å²) in [5, 5.41) is 0.0890. The van der Waals surface area contributed by atoms with Crippen LogP contribution in [0.5, 0.6) is 0 Å². The van der Waals surface area contributed by atoms with Crippen LogP contribution < -0.4 is 10.3 Å². The van der Waals surface area contributed by atoms with E-state index in [1.807, 2.05) is 18.2 Å². The number of nitrogens with zero attached hydrogens (tertiary/aromatic N) is 2. The molecule has 0 saturated heterocycles. The minimum Gasteiger partial charge on any atom is -0.290 e. The molecule has 23 heavy (non-hydrogen) atoms. The van der Waals surface area contributed by atoms with E-state index in [4.69, 9.17) is 11.6 Å². The first-order chi connectivity index (χ1) is 11.0. The number of benzene rings is 2. The molecule has 3 aromatic rings. The standard InChI is InChI=1S/C15H13ClN4O2S/c16-14-15(18-13-9-5-4-8-12(13)17-14)19-20-23(21,22)10-11-6-2-1-3-7-11/h1-9,20H,10H2,(H,18,19). The van der Waals surface area contributed by atoms with Crippen molar-refractivity contribution in [2.24, 2.45) is 0 Å². The molecule has 3 rings (SSSR count). The Morgan fingerprint density at radius 2 is 1.52 bits per heavy atom. The summed E-state index contributed by atoms with van der Waals surface area (Å²) < 4.78 is 24.2. The second-order valence-electron chi connectivity index (χ2n) is 4.82. The number of sulfonamides is 1. The van der Waals surface area contributed by atoms with Crippen molar-refractivity contribution in [3.63, 3.8) is 0 Å². The quantitative estimate of drug-likeness (QED) is 0.693. The van der Waals surface area contributed by atoms with Crippen LogP contribution in [0, 0.1) is 0 Å². The SMILES string of the molecule is O=S(=O)(Cc1ccccc1)NNc1nc2ccccc2nc1Cl. The Morgan fingerprint density at radius 1 is 0.913 bits per heavy atom. The number of halogens is 1. The van der Waals surface area contributed by atoms with Crippen molar-refractivity contribution in [2.75, 3.05) is 5.43 Å². The minimum atomic E-state index is -3.59. The third kappa shape index (κ3) is 3.95. The first kappa shape index (κ1) is 15.7. The van der Waals surface area contributed by atoms with Gasteiger partial charge in [-0.1, -0.05) is 54.1 Å². The smallest absolute Gasteiger partial charge is 0.232 e. The van der Waals surface area contributed by atoms with Gasteiger partial charge >= 0.3 is 0 Å². The van der Waals surface area contributed by atoms with Crippen molar-refractivity contribution in [2.45, 2.75) is 5.75 Å². The van der Waals surface area contributed by atoms with E-state index in [0.29, 0.717) is 16.6 Å². The number of rotatable bonds is 5. The Morgan fingerprint density at radius 3 is 2.22 bits per heavy atom. The molecule has 0 fully saturated rings. The van der Waals surface area contributed by atoms with E-state index >= 15 is 0 Å². The van der Waals surface area contributed by atoms with E-state index in [1.165, 1.54) is 0 Å². The van der Waals surface area contributed by atoms with Crippen molar-refractivity contribution < 1.29 is 8.42 Å². The summed E-state index contributed by atoms with van der Waals surface area (Å²) in [5.74, 6) is 0.00133. The molecule has 0 aliphatic rings. The van der Waals surface area contributed by atoms with Gasteiger partial charge in [0.2, 0.25) is 10.0 Å². The van der Waals surface area contributed by atoms with Crippen LogP contribution in [0.25, 0.3) is 11.0 Å². The van der Waals surface area contributed by atoms with Gasteiger partial charge in [0.25, 0.3) is 0 Å².